The number of aromatic nitrogens is 3. The van der Waals surface area contributed by atoms with Gasteiger partial charge in [0.25, 0.3) is 5.91 Å². The molecule has 0 radical (unpaired) electrons. The number of aryl methyl sites for hydroxylation is 2. The Balaban J connectivity index is 1.64. The van der Waals surface area contributed by atoms with Crippen molar-refractivity contribution in [1.29, 1.82) is 0 Å². The average Bonchev–Trinajstić information content (AvgIpc) is 3.15. The molecule has 7 nitrogen and oxygen atoms in total. The minimum absolute atomic E-state index is 0.130. The molecule has 3 rings (SSSR count). The van der Waals surface area contributed by atoms with E-state index >= 15 is 0 Å². The highest BCUT2D eigenvalue weighted by molar-refractivity contribution is 7.99. The molecule has 0 spiro atoms. The zero-order valence-corrected chi connectivity index (χ0v) is 19.5. The number of thioether (sulfide) groups is 1. The first-order chi connectivity index (χ1) is 15.4. The van der Waals surface area contributed by atoms with Crippen LogP contribution in [0.3, 0.4) is 0 Å². The van der Waals surface area contributed by atoms with E-state index < -0.39 is 0 Å². The van der Waals surface area contributed by atoms with Gasteiger partial charge in [-0.05, 0) is 37.1 Å². The highest BCUT2D eigenvalue weighted by Crippen LogP contribution is 2.22. The van der Waals surface area contributed by atoms with Crippen LogP contribution in [-0.2, 0) is 17.9 Å². The monoisotopic (exact) mass is 469 g/mol. The summed E-state index contributed by atoms with van der Waals surface area (Å²) in [5.41, 5.74) is 3.24. The SMILES string of the molecule is C=CCn1c(CNC(=O)c2ccccc2Cl)nnc1SCC(=O)Nc1c(C)cccc1C. The van der Waals surface area contributed by atoms with Crippen LogP contribution in [0.5, 0.6) is 0 Å². The normalized spacial score (nSPS) is 10.6. The molecule has 0 saturated heterocycles. The van der Waals surface area contributed by atoms with Crippen molar-refractivity contribution in [3.63, 3.8) is 0 Å². The first-order valence-electron chi connectivity index (χ1n) is 9.95. The summed E-state index contributed by atoms with van der Waals surface area (Å²) >= 11 is 7.36. The maximum atomic E-state index is 12.5. The van der Waals surface area contributed by atoms with Crippen molar-refractivity contribution in [2.24, 2.45) is 0 Å². The number of benzene rings is 2. The summed E-state index contributed by atoms with van der Waals surface area (Å²) in [5, 5.41) is 15.1. The molecule has 0 unspecified atom stereocenters. The maximum absolute atomic E-state index is 12.5. The number of anilines is 1. The first-order valence-corrected chi connectivity index (χ1v) is 11.3. The Hall–Kier alpha value is -3.10. The Morgan fingerprint density at radius 3 is 2.53 bits per heavy atom. The van der Waals surface area contributed by atoms with E-state index in [1.807, 2.05) is 36.6 Å². The molecule has 2 amide bonds. The lowest BCUT2D eigenvalue weighted by Crippen LogP contribution is -2.25. The summed E-state index contributed by atoms with van der Waals surface area (Å²) in [6.07, 6.45) is 1.71. The Morgan fingerprint density at radius 1 is 1.12 bits per heavy atom. The number of nitrogens with zero attached hydrogens (tertiary/aromatic N) is 3. The molecule has 0 fully saturated rings. The molecule has 0 atom stereocenters. The molecule has 1 heterocycles. The average molecular weight is 470 g/mol. The Morgan fingerprint density at radius 2 is 1.84 bits per heavy atom. The highest BCUT2D eigenvalue weighted by atomic mass is 35.5. The predicted octanol–water partition coefficient (Wildman–Crippen LogP) is 4.40. The maximum Gasteiger partial charge on any atom is 0.253 e. The third-order valence-corrected chi connectivity index (χ3v) is 6.00. The Kier molecular flexibility index (Phi) is 8.08. The molecule has 9 heteroatoms. The fourth-order valence-corrected chi connectivity index (χ4v) is 4.07. The molecule has 2 N–H and O–H groups in total. The molecule has 166 valence electrons. The number of hydrogen-bond donors (Lipinski definition) is 2. The summed E-state index contributed by atoms with van der Waals surface area (Å²) in [4.78, 5) is 24.9. The van der Waals surface area contributed by atoms with E-state index in [-0.39, 0.29) is 24.1 Å². The van der Waals surface area contributed by atoms with Crippen molar-refractivity contribution in [2.75, 3.05) is 11.1 Å². The topological polar surface area (TPSA) is 88.9 Å². The lowest BCUT2D eigenvalue weighted by molar-refractivity contribution is -0.113. The number of carbonyl (C=O) groups excluding carboxylic acids is 2. The number of amides is 2. The fourth-order valence-electron chi connectivity index (χ4n) is 3.09. The van der Waals surface area contributed by atoms with Gasteiger partial charge >= 0.3 is 0 Å². The second-order valence-electron chi connectivity index (χ2n) is 7.06. The number of allylic oxidation sites excluding steroid dienone is 1. The minimum atomic E-state index is -0.300. The number of hydrogen-bond acceptors (Lipinski definition) is 5. The third-order valence-electron chi connectivity index (χ3n) is 4.71. The number of carbonyl (C=O) groups is 2. The largest absolute Gasteiger partial charge is 0.345 e. The van der Waals surface area contributed by atoms with Crippen molar-refractivity contribution < 1.29 is 9.59 Å². The number of nitrogens with one attached hydrogen (secondary N) is 2. The second-order valence-corrected chi connectivity index (χ2v) is 8.41. The minimum Gasteiger partial charge on any atom is -0.345 e. The van der Waals surface area contributed by atoms with Crippen LogP contribution in [0.2, 0.25) is 5.02 Å². The van der Waals surface area contributed by atoms with Crippen molar-refractivity contribution >= 4 is 40.9 Å². The Bertz CT molecular complexity index is 1120. The van der Waals surface area contributed by atoms with Crippen LogP contribution in [0.15, 0.2) is 60.3 Å². The quantitative estimate of drug-likeness (QED) is 0.358. The van der Waals surface area contributed by atoms with E-state index in [1.165, 1.54) is 11.8 Å². The molecule has 2 aromatic carbocycles. The van der Waals surface area contributed by atoms with Crippen molar-refractivity contribution in [3.8, 4) is 0 Å². The van der Waals surface area contributed by atoms with Gasteiger partial charge in [0.2, 0.25) is 5.91 Å². The van der Waals surface area contributed by atoms with Crippen LogP contribution in [0.1, 0.15) is 27.3 Å². The lowest BCUT2D eigenvalue weighted by atomic mass is 10.1. The molecule has 0 aliphatic rings. The van der Waals surface area contributed by atoms with Gasteiger partial charge < -0.3 is 15.2 Å². The van der Waals surface area contributed by atoms with E-state index in [4.69, 9.17) is 11.6 Å². The summed E-state index contributed by atoms with van der Waals surface area (Å²) in [6.45, 7) is 8.31. The van der Waals surface area contributed by atoms with Crippen molar-refractivity contribution in [1.82, 2.24) is 20.1 Å². The van der Waals surface area contributed by atoms with Crippen molar-refractivity contribution in [2.45, 2.75) is 32.1 Å². The van der Waals surface area contributed by atoms with E-state index in [2.05, 4.69) is 27.4 Å². The smallest absolute Gasteiger partial charge is 0.253 e. The van der Waals surface area contributed by atoms with E-state index in [0.29, 0.717) is 28.1 Å². The molecule has 0 aliphatic heterocycles. The predicted molar refractivity (Wildman–Crippen MR) is 128 cm³/mol. The zero-order valence-electron chi connectivity index (χ0n) is 17.9. The number of rotatable bonds is 9. The first kappa shape index (κ1) is 23.6. The molecule has 3 aromatic rings. The molecule has 1 aromatic heterocycles. The summed E-state index contributed by atoms with van der Waals surface area (Å²) < 4.78 is 1.82. The van der Waals surface area contributed by atoms with Gasteiger partial charge in [-0.25, -0.2) is 0 Å². The summed E-state index contributed by atoms with van der Waals surface area (Å²) in [5.74, 6) is 0.303. The van der Waals surface area contributed by atoms with Crippen LogP contribution in [0, 0.1) is 13.8 Å². The van der Waals surface area contributed by atoms with Crippen LogP contribution in [-0.4, -0.2) is 32.3 Å². The van der Waals surface area contributed by atoms with Gasteiger partial charge in [-0.1, -0.05) is 59.8 Å². The number of halogens is 1. The zero-order chi connectivity index (χ0) is 23.1. The van der Waals surface area contributed by atoms with Gasteiger partial charge in [-0.3, -0.25) is 9.59 Å². The second kappa shape index (κ2) is 11.0. The van der Waals surface area contributed by atoms with Gasteiger partial charge in [0.15, 0.2) is 11.0 Å². The van der Waals surface area contributed by atoms with E-state index in [9.17, 15) is 9.59 Å². The molecule has 32 heavy (non-hydrogen) atoms. The molecule has 0 bridgehead atoms. The van der Waals surface area contributed by atoms with Gasteiger partial charge in [0, 0.05) is 12.2 Å². The van der Waals surface area contributed by atoms with Gasteiger partial charge in [0.05, 0.1) is 22.9 Å². The molecular formula is C23H24ClN5O2S. The van der Waals surface area contributed by atoms with E-state index in [0.717, 1.165) is 16.8 Å². The van der Waals surface area contributed by atoms with Gasteiger partial charge in [0.1, 0.15) is 0 Å². The van der Waals surface area contributed by atoms with Gasteiger partial charge in [-0.2, -0.15) is 0 Å². The van der Waals surface area contributed by atoms with Gasteiger partial charge in [-0.15, -0.1) is 16.8 Å². The lowest BCUT2D eigenvalue weighted by Gasteiger charge is -2.12. The van der Waals surface area contributed by atoms with Crippen LogP contribution in [0.4, 0.5) is 5.69 Å². The fraction of sp³-hybridized carbons (Fsp3) is 0.217. The Labute approximate surface area is 196 Å². The highest BCUT2D eigenvalue weighted by Gasteiger charge is 2.16. The van der Waals surface area contributed by atoms with Crippen LogP contribution in [0.25, 0.3) is 0 Å². The molecular weight excluding hydrogens is 446 g/mol. The molecule has 0 aliphatic carbocycles. The van der Waals surface area contributed by atoms with E-state index in [1.54, 1.807) is 30.3 Å². The molecule has 0 saturated carbocycles. The van der Waals surface area contributed by atoms with Crippen LogP contribution < -0.4 is 10.6 Å². The van der Waals surface area contributed by atoms with Crippen LogP contribution >= 0.6 is 23.4 Å². The third kappa shape index (κ3) is 5.77. The summed E-state index contributed by atoms with van der Waals surface area (Å²) in [6, 6.07) is 12.7. The number of para-hydroxylation sites is 1. The van der Waals surface area contributed by atoms with Crippen molar-refractivity contribution in [3.05, 3.63) is 82.7 Å². The standard InChI is InChI=1S/C23H24ClN5O2S/c1-4-12-29-19(13-25-22(31)17-10-5-6-11-18(17)24)27-28-23(29)32-14-20(30)26-21-15(2)8-7-9-16(21)3/h4-11H,1,12-14H2,2-3H3,(H,25,31)(H,26,30). The summed E-state index contributed by atoms with van der Waals surface area (Å²) in [7, 11) is 0.